The van der Waals surface area contributed by atoms with E-state index in [0.717, 1.165) is 18.4 Å². The summed E-state index contributed by atoms with van der Waals surface area (Å²) in [4.78, 5) is 31.9. The monoisotopic (exact) mass is 272 g/mol. The fraction of sp³-hybridized carbons (Fsp3) is 0.250. The zero-order chi connectivity index (χ0) is 14.7. The lowest BCUT2D eigenvalue weighted by Gasteiger charge is -2.05. The van der Waals surface area contributed by atoms with Gasteiger partial charge in [-0.2, -0.15) is 0 Å². The van der Waals surface area contributed by atoms with Gasteiger partial charge in [0.1, 0.15) is 0 Å². The van der Waals surface area contributed by atoms with Crippen LogP contribution in [0, 0.1) is 0 Å². The van der Waals surface area contributed by atoms with Gasteiger partial charge in [-0.25, -0.2) is 19.4 Å². The van der Waals surface area contributed by atoms with Crippen molar-refractivity contribution in [3.05, 3.63) is 58.7 Å². The van der Waals surface area contributed by atoms with Gasteiger partial charge in [-0.05, 0) is 37.8 Å². The predicted molar refractivity (Wildman–Crippen MR) is 73.5 cm³/mol. The molecule has 0 spiro atoms. The summed E-state index contributed by atoms with van der Waals surface area (Å²) in [5.74, 6) is -1.38. The summed E-state index contributed by atoms with van der Waals surface area (Å²) in [6.07, 6.45) is 1.46. The molecule has 0 N–H and O–H groups in total. The highest BCUT2D eigenvalue weighted by Crippen LogP contribution is 2.28. The van der Waals surface area contributed by atoms with Gasteiger partial charge in [-0.3, -0.25) is 0 Å². The number of hydrogen-bond acceptors (Lipinski definition) is 4. The minimum atomic E-state index is -0.745. The number of benzene rings is 1. The maximum Gasteiger partial charge on any atom is 0.382 e. The van der Waals surface area contributed by atoms with E-state index in [9.17, 15) is 9.59 Å². The maximum absolute atomic E-state index is 11.8. The van der Waals surface area contributed by atoms with Gasteiger partial charge in [-0.15, -0.1) is 0 Å². The second kappa shape index (κ2) is 5.74. The van der Waals surface area contributed by atoms with Crippen molar-refractivity contribution in [1.29, 1.82) is 0 Å². The Kier molecular flexibility index (Phi) is 4.03. The maximum atomic E-state index is 11.8. The van der Waals surface area contributed by atoms with E-state index >= 15 is 0 Å². The third-order valence-electron chi connectivity index (χ3n) is 3.30. The average molecular weight is 272 g/mol. The van der Waals surface area contributed by atoms with Crippen LogP contribution in [0.15, 0.2) is 47.6 Å². The van der Waals surface area contributed by atoms with Gasteiger partial charge in [0.15, 0.2) is 0 Å². The molecule has 1 aromatic carbocycles. The summed E-state index contributed by atoms with van der Waals surface area (Å²) in [6.45, 7) is 6.56. The Morgan fingerprint density at radius 1 is 1.00 bits per heavy atom. The molecule has 1 aromatic rings. The van der Waals surface area contributed by atoms with E-state index in [4.69, 9.17) is 0 Å². The first-order valence-corrected chi connectivity index (χ1v) is 6.33. The van der Waals surface area contributed by atoms with Crippen molar-refractivity contribution in [2.75, 3.05) is 0 Å². The highest BCUT2D eigenvalue weighted by molar-refractivity contribution is 5.91. The van der Waals surface area contributed by atoms with Gasteiger partial charge < -0.3 is 0 Å². The highest BCUT2D eigenvalue weighted by Gasteiger charge is 2.21. The predicted octanol–water partition coefficient (Wildman–Crippen LogP) is 2.68. The molecule has 104 valence electrons. The second-order valence-electron chi connectivity index (χ2n) is 4.87. The molecule has 0 unspecified atom stereocenters. The number of hydrogen-bond donors (Lipinski definition) is 0. The summed E-state index contributed by atoms with van der Waals surface area (Å²) in [6, 6.07) is 8.04. The zero-order valence-electron chi connectivity index (χ0n) is 11.6. The summed E-state index contributed by atoms with van der Waals surface area (Å²) < 4.78 is 0. The van der Waals surface area contributed by atoms with E-state index in [0.29, 0.717) is 5.57 Å². The molecule has 0 bridgehead atoms. The molecule has 20 heavy (non-hydrogen) atoms. The van der Waals surface area contributed by atoms with Crippen LogP contribution < -0.4 is 0 Å². The van der Waals surface area contributed by atoms with Crippen molar-refractivity contribution in [1.82, 2.24) is 0 Å². The fourth-order valence-corrected chi connectivity index (χ4v) is 2.04. The van der Waals surface area contributed by atoms with Crippen LogP contribution in [-0.2, 0) is 32.2 Å². The molecule has 0 fully saturated rings. The first-order valence-electron chi connectivity index (χ1n) is 6.33. The molecule has 1 aliphatic carbocycles. The smallest absolute Gasteiger partial charge is 0.242 e. The Bertz CT molecular complexity index is 584. The largest absolute Gasteiger partial charge is 0.382 e. The van der Waals surface area contributed by atoms with Crippen molar-refractivity contribution in [2.24, 2.45) is 0 Å². The quantitative estimate of drug-likeness (QED) is 0.472. The van der Waals surface area contributed by atoms with Gasteiger partial charge in [0.05, 0.1) is 0 Å². The summed E-state index contributed by atoms with van der Waals surface area (Å²) in [7, 11) is 0. The van der Waals surface area contributed by atoms with Gasteiger partial charge in [-0.1, -0.05) is 36.4 Å². The molecule has 4 nitrogen and oxygen atoms in total. The number of carbonyl (C=O) groups excluding carboxylic acids is 2. The summed E-state index contributed by atoms with van der Waals surface area (Å²) in [5.41, 5.74) is 4.08. The third-order valence-corrected chi connectivity index (χ3v) is 3.30. The molecule has 0 aromatic heterocycles. The number of carbonyl (C=O) groups is 2. The van der Waals surface area contributed by atoms with Crippen LogP contribution in [0.25, 0.3) is 0 Å². The molecule has 1 aliphatic rings. The van der Waals surface area contributed by atoms with Gasteiger partial charge in [0.2, 0.25) is 0 Å². The lowest BCUT2D eigenvalue weighted by molar-refractivity contribution is -0.252. The normalized spacial score (nSPS) is 12.6. The Labute approximate surface area is 117 Å². The van der Waals surface area contributed by atoms with Crippen molar-refractivity contribution in [3.8, 4) is 0 Å². The SMILES string of the molecule is C=C(C)C(=O)OOC(=O)C(C)=C1Cc2ccccc2C1. The molecule has 0 saturated carbocycles. The van der Waals surface area contributed by atoms with Crippen LogP contribution in [0.2, 0.25) is 0 Å². The van der Waals surface area contributed by atoms with E-state index in [-0.39, 0.29) is 5.57 Å². The molecule has 2 rings (SSSR count). The average Bonchev–Trinajstić information content (AvgIpc) is 2.87. The molecule has 0 heterocycles. The number of fused-ring (bicyclic) bond motifs is 1. The molecule has 0 saturated heterocycles. The van der Waals surface area contributed by atoms with Gasteiger partial charge >= 0.3 is 11.9 Å². The minimum Gasteiger partial charge on any atom is -0.242 e. The van der Waals surface area contributed by atoms with E-state index in [1.165, 1.54) is 18.1 Å². The van der Waals surface area contributed by atoms with E-state index in [1.54, 1.807) is 6.92 Å². The Morgan fingerprint density at radius 2 is 1.50 bits per heavy atom. The van der Waals surface area contributed by atoms with E-state index < -0.39 is 11.9 Å². The second-order valence-corrected chi connectivity index (χ2v) is 4.87. The van der Waals surface area contributed by atoms with Crippen LogP contribution in [0.4, 0.5) is 0 Å². The Hall–Kier alpha value is -2.36. The number of allylic oxidation sites excluding steroid dienone is 1. The number of rotatable bonds is 2. The molecule has 0 atom stereocenters. The summed E-state index contributed by atoms with van der Waals surface area (Å²) in [5, 5.41) is 0. The first kappa shape index (κ1) is 14.1. The highest BCUT2D eigenvalue weighted by atomic mass is 17.2. The van der Waals surface area contributed by atoms with Crippen LogP contribution in [0.3, 0.4) is 0 Å². The molecule has 4 heteroatoms. The molecule has 0 radical (unpaired) electrons. The topological polar surface area (TPSA) is 52.6 Å². The van der Waals surface area contributed by atoms with Crippen LogP contribution in [-0.4, -0.2) is 11.9 Å². The Balaban J connectivity index is 2.03. The van der Waals surface area contributed by atoms with Gasteiger partial charge in [0, 0.05) is 11.1 Å². The van der Waals surface area contributed by atoms with Crippen molar-refractivity contribution >= 4 is 11.9 Å². The minimum absolute atomic E-state index is 0.177. The van der Waals surface area contributed by atoms with E-state index in [2.05, 4.69) is 16.4 Å². The van der Waals surface area contributed by atoms with Crippen molar-refractivity contribution < 1.29 is 19.4 Å². The summed E-state index contributed by atoms with van der Waals surface area (Å²) >= 11 is 0. The van der Waals surface area contributed by atoms with Crippen LogP contribution in [0.1, 0.15) is 25.0 Å². The third kappa shape index (κ3) is 2.96. The first-order chi connectivity index (χ1) is 9.49. The van der Waals surface area contributed by atoms with Crippen LogP contribution >= 0.6 is 0 Å². The lowest BCUT2D eigenvalue weighted by Crippen LogP contribution is -2.13. The Morgan fingerprint density at radius 3 is 2.00 bits per heavy atom. The van der Waals surface area contributed by atoms with Crippen molar-refractivity contribution in [2.45, 2.75) is 26.7 Å². The van der Waals surface area contributed by atoms with E-state index in [1.807, 2.05) is 24.3 Å². The van der Waals surface area contributed by atoms with Gasteiger partial charge in [0.25, 0.3) is 0 Å². The molecule has 0 amide bonds. The lowest BCUT2D eigenvalue weighted by atomic mass is 10.1. The zero-order valence-corrected chi connectivity index (χ0v) is 11.6. The standard InChI is InChI=1S/C16H16O4/c1-10(2)15(17)19-20-16(18)11(3)14-8-12-6-4-5-7-13(12)9-14/h4-7H,1,8-9H2,2-3H3. The molecular formula is C16H16O4. The fourth-order valence-electron chi connectivity index (χ4n) is 2.04. The van der Waals surface area contributed by atoms with Crippen LogP contribution in [0.5, 0.6) is 0 Å². The van der Waals surface area contributed by atoms with Crippen molar-refractivity contribution in [3.63, 3.8) is 0 Å². The molecular weight excluding hydrogens is 256 g/mol. The molecule has 0 aliphatic heterocycles.